The van der Waals surface area contributed by atoms with Gasteiger partial charge in [0.2, 0.25) is 0 Å². The van der Waals surface area contributed by atoms with Crippen LogP contribution in [0.4, 0.5) is 0 Å². The molecule has 1 atom stereocenters. The molecule has 0 spiro atoms. The topological polar surface area (TPSA) is 101 Å². The number of halogens is 1. The van der Waals surface area contributed by atoms with Crippen molar-refractivity contribution < 1.29 is 19.8 Å². The smallest absolute Gasteiger partial charge is 0.304 e. The highest BCUT2D eigenvalue weighted by Gasteiger charge is 2.08. The summed E-state index contributed by atoms with van der Waals surface area (Å²) in [5, 5.41) is 16.5. The normalized spacial score (nSPS) is 11.5. The molecule has 0 saturated heterocycles. The molecule has 0 radical (unpaired) electrons. The summed E-state index contributed by atoms with van der Waals surface area (Å²) in [6.45, 7) is 0. The molecule has 5 nitrogen and oxygen atoms in total. The molecule has 0 fully saturated rings. The number of carboxylic acid groups (broad SMARTS) is 2. The third kappa shape index (κ3) is 11.2. The molecule has 4 N–H and O–H groups in total. The van der Waals surface area contributed by atoms with E-state index in [2.05, 4.69) is 0 Å². The Hall–Kier alpha value is -0.810. The lowest BCUT2D eigenvalue weighted by Gasteiger charge is -2.06. The van der Waals surface area contributed by atoms with Gasteiger partial charge in [0.1, 0.15) is 0 Å². The van der Waals surface area contributed by atoms with Crippen molar-refractivity contribution in [1.82, 2.24) is 0 Å². The van der Waals surface area contributed by atoms with Crippen molar-refractivity contribution in [3.63, 3.8) is 0 Å². The highest BCUT2D eigenvalue weighted by Crippen LogP contribution is 2.01. The van der Waals surface area contributed by atoms with E-state index < -0.39 is 18.0 Å². The molecule has 0 aromatic heterocycles. The summed E-state index contributed by atoms with van der Waals surface area (Å²) in [5.74, 6) is -1.82. The van der Waals surface area contributed by atoms with Crippen LogP contribution in [0.2, 0.25) is 0 Å². The Labute approximate surface area is 82.3 Å². The van der Waals surface area contributed by atoms with Crippen LogP contribution < -0.4 is 5.73 Å². The fourth-order valence-electron chi connectivity index (χ4n) is 0.842. The molecule has 0 aromatic rings. The first-order chi connectivity index (χ1) is 5.52. The summed E-state index contributed by atoms with van der Waals surface area (Å²) in [6.07, 6.45) is 0.829. The second kappa shape index (κ2) is 7.82. The van der Waals surface area contributed by atoms with Crippen molar-refractivity contribution in [3.8, 4) is 0 Å². The van der Waals surface area contributed by atoms with Crippen LogP contribution in [0.3, 0.4) is 0 Å². The van der Waals surface area contributed by atoms with Gasteiger partial charge in [-0.2, -0.15) is 0 Å². The second-order valence-corrected chi connectivity index (χ2v) is 2.64. The Morgan fingerprint density at radius 2 is 1.77 bits per heavy atom. The number of rotatable bonds is 6. The maximum atomic E-state index is 10.1. The fraction of sp³-hybridized carbons (Fsp3) is 0.714. The fourth-order valence-corrected chi connectivity index (χ4v) is 0.842. The first-order valence-corrected chi connectivity index (χ1v) is 3.71. The van der Waals surface area contributed by atoms with Crippen molar-refractivity contribution in [2.24, 2.45) is 5.73 Å². The van der Waals surface area contributed by atoms with Crippen molar-refractivity contribution in [3.05, 3.63) is 0 Å². The van der Waals surface area contributed by atoms with E-state index in [1.54, 1.807) is 0 Å². The van der Waals surface area contributed by atoms with Crippen LogP contribution in [0.25, 0.3) is 0 Å². The Bertz CT molecular complexity index is 174. The number of carboxylic acids is 2. The van der Waals surface area contributed by atoms with Gasteiger partial charge in [-0.25, -0.2) is 0 Å². The molecule has 78 valence electrons. The molecular weight excluding hydrogens is 198 g/mol. The minimum atomic E-state index is -0.946. The maximum Gasteiger partial charge on any atom is 0.304 e. The predicted molar refractivity (Wildman–Crippen MR) is 49.0 cm³/mol. The standard InChI is InChI=1S/C7H13NO4.ClH/c8-5(4-7(11)12)2-1-3-6(9)10;/h5H,1-4,8H2,(H,9,10)(H,11,12);1H. The zero-order valence-corrected chi connectivity index (χ0v) is 7.92. The number of aliphatic carboxylic acids is 2. The highest BCUT2D eigenvalue weighted by atomic mass is 35.5. The molecule has 0 aromatic carbocycles. The molecule has 6 heteroatoms. The lowest BCUT2D eigenvalue weighted by atomic mass is 10.1. The predicted octanol–water partition coefficient (Wildman–Crippen LogP) is 0.465. The molecule has 0 saturated carbocycles. The number of nitrogens with two attached hydrogens (primary N) is 1. The Morgan fingerprint density at radius 1 is 1.23 bits per heavy atom. The van der Waals surface area contributed by atoms with Gasteiger partial charge in [0.05, 0.1) is 6.42 Å². The summed E-state index contributed by atoms with van der Waals surface area (Å²) in [4.78, 5) is 20.2. The van der Waals surface area contributed by atoms with Crippen LogP contribution in [0.15, 0.2) is 0 Å². The average Bonchev–Trinajstić information content (AvgIpc) is 1.84. The summed E-state index contributed by atoms with van der Waals surface area (Å²) >= 11 is 0. The van der Waals surface area contributed by atoms with Crippen LogP contribution in [0.5, 0.6) is 0 Å². The molecule has 0 aliphatic heterocycles. The van der Waals surface area contributed by atoms with E-state index in [0.29, 0.717) is 12.8 Å². The zero-order chi connectivity index (χ0) is 9.56. The lowest BCUT2D eigenvalue weighted by Crippen LogP contribution is -2.23. The largest absolute Gasteiger partial charge is 0.481 e. The monoisotopic (exact) mass is 211 g/mol. The van der Waals surface area contributed by atoms with Gasteiger partial charge in [-0.1, -0.05) is 0 Å². The number of hydrogen-bond donors (Lipinski definition) is 3. The van der Waals surface area contributed by atoms with Crippen LogP contribution in [-0.2, 0) is 9.59 Å². The molecule has 0 aliphatic rings. The Morgan fingerprint density at radius 3 is 2.15 bits per heavy atom. The summed E-state index contributed by atoms with van der Waals surface area (Å²) in [6, 6.07) is -0.429. The quantitative estimate of drug-likeness (QED) is 0.593. The Kier molecular flexibility index (Phi) is 8.84. The molecular formula is C7H14ClNO4. The van der Waals surface area contributed by atoms with Crippen LogP contribution in [0.1, 0.15) is 25.7 Å². The zero-order valence-electron chi connectivity index (χ0n) is 7.10. The molecule has 0 aliphatic carbocycles. The first kappa shape index (κ1) is 14.7. The van der Waals surface area contributed by atoms with Crippen molar-refractivity contribution in [2.45, 2.75) is 31.7 Å². The van der Waals surface area contributed by atoms with Gasteiger partial charge in [0, 0.05) is 12.5 Å². The van der Waals surface area contributed by atoms with E-state index in [9.17, 15) is 9.59 Å². The molecule has 0 rings (SSSR count). The van der Waals surface area contributed by atoms with Gasteiger partial charge >= 0.3 is 11.9 Å². The molecule has 13 heavy (non-hydrogen) atoms. The Balaban J connectivity index is 0. The third-order valence-corrected chi connectivity index (χ3v) is 1.40. The second-order valence-electron chi connectivity index (χ2n) is 2.64. The van der Waals surface area contributed by atoms with Crippen LogP contribution in [0, 0.1) is 0 Å². The van der Waals surface area contributed by atoms with Crippen LogP contribution >= 0.6 is 12.4 Å². The molecule has 0 heterocycles. The van der Waals surface area contributed by atoms with Crippen LogP contribution in [-0.4, -0.2) is 28.2 Å². The lowest BCUT2D eigenvalue weighted by molar-refractivity contribution is -0.137. The number of hydrogen-bond acceptors (Lipinski definition) is 3. The van der Waals surface area contributed by atoms with Gasteiger partial charge in [-0.05, 0) is 12.8 Å². The van der Waals surface area contributed by atoms with E-state index in [4.69, 9.17) is 15.9 Å². The van der Waals surface area contributed by atoms with E-state index in [1.807, 2.05) is 0 Å². The van der Waals surface area contributed by atoms with Gasteiger partial charge < -0.3 is 15.9 Å². The summed E-state index contributed by atoms with van der Waals surface area (Å²) in [7, 11) is 0. The van der Waals surface area contributed by atoms with Crippen molar-refractivity contribution in [1.29, 1.82) is 0 Å². The SMILES string of the molecule is Cl.NC(CCCC(=O)O)CC(=O)O. The van der Waals surface area contributed by atoms with E-state index >= 15 is 0 Å². The van der Waals surface area contributed by atoms with E-state index in [0.717, 1.165) is 0 Å². The van der Waals surface area contributed by atoms with Gasteiger partial charge in [0.15, 0.2) is 0 Å². The molecule has 1 unspecified atom stereocenters. The maximum absolute atomic E-state index is 10.1. The number of carbonyl (C=O) groups is 2. The van der Waals surface area contributed by atoms with Crippen molar-refractivity contribution >= 4 is 24.3 Å². The highest BCUT2D eigenvalue weighted by molar-refractivity contribution is 5.85. The summed E-state index contributed by atoms with van der Waals surface area (Å²) in [5.41, 5.74) is 5.39. The molecule has 0 amide bonds. The summed E-state index contributed by atoms with van der Waals surface area (Å²) < 4.78 is 0. The average molecular weight is 212 g/mol. The molecule has 0 bridgehead atoms. The van der Waals surface area contributed by atoms with E-state index in [-0.39, 0.29) is 25.2 Å². The van der Waals surface area contributed by atoms with E-state index in [1.165, 1.54) is 0 Å². The minimum absolute atomic E-state index is 0. The first-order valence-electron chi connectivity index (χ1n) is 3.71. The van der Waals surface area contributed by atoms with Crippen molar-refractivity contribution in [2.75, 3.05) is 0 Å². The third-order valence-electron chi connectivity index (χ3n) is 1.40. The van der Waals surface area contributed by atoms with Gasteiger partial charge in [-0.3, -0.25) is 9.59 Å². The van der Waals surface area contributed by atoms with Gasteiger partial charge in [-0.15, -0.1) is 12.4 Å². The van der Waals surface area contributed by atoms with Gasteiger partial charge in [0.25, 0.3) is 0 Å². The minimum Gasteiger partial charge on any atom is -0.481 e.